The largest absolute Gasteiger partial charge is 0.271 e. The van der Waals surface area contributed by atoms with E-state index in [4.69, 9.17) is 0 Å². The number of hydrazone groups is 1. The minimum atomic E-state index is -0.536. The summed E-state index contributed by atoms with van der Waals surface area (Å²) in [7, 11) is 0. The highest BCUT2D eigenvalue weighted by molar-refractivity contribution is 5.96. The van der Waals surface area contributed by atoms with Gasteiger partial charge in [0.1, 0.15) is 0 Å². The van der Waals surface area contributed by atoms with Gasteiger partial charge in [-0.3, -0.25) is 14.9 Å². The molecule has 0 aliphatic heterocycles. The van der Waals surface area contributed by atoms with Crippen molar-refractivity contribution in [1.29, 1.82) is 0 Å². The van der Waals surface area contributed by atoms with Crippen LogP contribution in [0.3, 0.4) is 0 Å². The van der Waals surface area contributed by atoms with Crippen molar-refractivity contribution in [2.75, 3.05) is 0 Å². The summed E-state index contributed by atoms with van der Waals surface area (Å²) in [6.45, 7) is 5.93. The zero-order valence-corrected chi connectivity index (χ0v) is 11.2. The molecule has 0 unspecified atom stereocenters. The second-order valence-electron chi connectivity index (χ2n) is 4.36. The standard InChI is InChI=1S/C13H17N3O3/c1-4-12(9(2)3)14-15-13(17)10-6-5-7-11(8-10)16(18)19/h5-9H,4H2,1-3H3,(H,15,17)/b14-12-. The SMILES string of the molecule is CC/C(=N/NC(=O)c1cccc([N+](=O)[O-])c1)C(C)C. The minimum absolute atomic E-state index is 0.115. The number of nitrogens with one attached hydrogen (secondary N) is 1. The summed E-state index contributed by atoms with van der Waals surface area (Å²) < 4.78 is 0. The first-order valence-corrected chi connectivity index (χ1v) is 6.07. The molecular formula is C13H17N3O3. The van der Waals surface area contributed by atoms with Crippen molar-refractivity contribution in [3.05, 3.63) is 39.9 Å². The summed E-state index contributed by atoms with van der Waals surface area (Å²) >= 11 is 0. The smallest absolute Gasteiger partial charge is 0.267 e. The summed E-state index contributed by atoms with van der Waals surface area (Å²) in [4.78, 5) is 21.9. The van der Waals surface area contributed by atoms with Gasteiger partial charge in [-0.2, -0.15) is 5.10 Å². The summed E-state index contributed by atoms with van der Waals surface area (Å²) in [5.41, 5.74) is 3.40. The molecule has 1 amide bonds. The first kappa shape index (κ1) is 14.8. The van der Waals surface area contributed by atoms with Crippen LogP contribution in [0.5, 0.6) is 0 Å². The number of nitro benzene ring substituents is 1. The molecule has 1 aromatic carbocycles. The van der Waals surface area contributed by atoms with Crippen LogP contribution in [0.15, 0.2) is 29.4 Å². The number of benzene rings is 1. The maximum absolute atomic E-state index is 11.8. The molecule has 0 heterocycles. The van der Waals surface area contributed by atoms with Crippen LogP contribution < -0.4 is 5.43 Å². The Kier molecular flexibility index (Phi) is 5.17. The molecule has 0 fully saturated rings. The highest BCUT2D eigenvalue weighted by atomic mass is 16.6. The van der Waals surface area contributed by atoms with Crippen LogP contribution in [0.1, 0.15) is 37.6 Å². The number of nitro groups is 1. The summed E-state index contributed by atoms with van der Waals surface area (Å²) in [6.07, 6.45) is 0.743. The Morgan fingerprint density at radius 3 is 2.68 bits per heavy atom. The number of carbonyl (C=O) groups is 1. The number of amides is 1. The summed E-state index contributed by atoms with van der Waals surface area (Å²) in [6, 6.07) is 5.55. The monoisotopic (exact) mass is 263 g/mol. The van der Waals surface area contributed by atoms with E-state index in [2.05, 4.69) is 10.5 Å². The van der Waals surface area contributed by atoms with Crippen LogP contribution in [0.2, 0.25) is 0 Å². The van der Waals surface area contributed by atoms with Gasteiger partial charge in [-0.15, -0.1) is 0 Å². The number of non-ortho nitro benzene ring substituents is 1. The fourth-order valence-electron chi connectivity index (χ4n) is 1.56. The first-order valence-electron chi connectivity index (χ1n) is 6.07. The molecule has 1 aromatic rings. The quantitative estimate of drug-likeness (QED) is 0.503. The molecule has 0 spiro atoms. The van der Waals surface area contributed by atoms with E-state index in [0.29, 0.717) is 0 Å². The van der Waals surface area contributed by atoms with Gasteiger partial charge in [-0.05, 0) is 18.4 Å². The molecule has 0 atom stereocenters. The molecule has 19 heavy (non-hydrogen) atoms. The van der Waals surface area contributed by atoms with Gasteiger partial charge in [-0.1, -0.05) is 26.8 Å². The average Bonchev–Trinajstić information content (AvgIpc) is 2.38. The lowest BCUT2D eigenvalue weighted by Gasteiger charge is -2.07. The first-order chi connectivity index (χ1) is 8.95. The Bertz CT molecular complexity index is 510. The predicted octanol–water partition coefficient (Wildman–Crippen LogP) is 2.75. The third-order valence-electron chi connectivity index (χ3n) is 2.65. The molecule has 0 aliphatic rings. The van der Waals surface area contributed by atoms with Gasteiger partial charge in [0, 0.05) is 23.4 Å². The molecule has 0 aromatic heterocycles. The topological polar surface area (TPSA) is 84.6 Å². The number of rotatable bonds is 5. The summed E-state index contributed by atoms with van der Waals surface area (Å²) in [5.74, 6) is -0.203. The molecule has 0 saturated carbocycles. The fourth-order valence-corrected chi connectivity index (χ4v) is 1.56. The summed E-state index contributed by atoms with van der Waals surface area (Å²) in [5, 5.41) is 14.7. The van der Waals surface area contributed by atoms with Crippen molar-refractivity contribution in [3.63, 3.8) is 0 Å². The number of nitrogens with zero attached hydrogens (tertiary/aromatic N) is 2. The van der Waals surface area contributed by atoms with E-state index in [1.807, 2.05) is 20.8 Å². The Balaban J connectivity index is 2.84. The lowest BCUT2D eigenvalue weighted by Crippen LogP contribution is -2.21. The fraction of sp³-hybridized carbons (Fsp3) is 0.385. The van der Waals surface area contributed by atoms with E-state index >= 15 is 0 Å². The lowest BCUT2D eigenvalue weighted by atomic mass is 10.1. The number of carbonyl (C=O) groups excluding carboxylic acids is 1. The van der Waals surface area contributed by atoms with Crippen LogP contribution in [-0.4, -0.2) is 16.5 Å². The zero-order valence-electron chi connectivity index (χ0n) is 11.2. The normalized spacial score (nSPS) is 11.5. The van der Waals surface area contributed by atoms with Crippen LogP contribution in [0, 0.1) is 16.0 Å². The van der Waals surface area contributed by atoms with Crippen LogP contribution in [0.25, 0.3) is 0 Å². The van der Waals surface area contributed by atoms with E-state index < -0.39 is 10.8 Å². The van der Waals surface area contributed by atoms with Crippen molar-refractivity contribution in [1.82, 2.24) is 5.43 Å². The predicted molar refractivity (Wildman–Crippen MR) is 73.1 cm³/mol. The van der Waals surface area contributed by atoms with E-state index in [0.717, 1.165) is 12.1 Å². The Hall–Kier alpha value is -2.24. The van der Waals surface area contributed by atoms with Gasteiger partial charge >= 0.3 is 0 Å². The number of hydrogen-bond acceptors (Lipinski definition) is 4. The highest BCUT2D eigenvalue weighted by Crippen LogP contribution is 2.13. The molecule has 0 aliphatic carbocycles. The van der Waals surface area contributed by atoms with E-state index in [1.165, 1.54) is 24.3 Å². The van der Waals surface area contributed by atoms with Gasteiger partial charge < -0.3 is 0 Å². The molecule has 6 nitrogen and oxygen atoms in total. The molecule has 1 N–H and O–H groups in total. The second-order valence-corrected chi connectivity index (χ2v) is 4.36. The van der Waals surface area contributed by atoms with Crippen molar-refractivity contribution in [2.24, 2.45) is 11.0 Å². The van der Waals surface area contributed by atoms with Crippen molar-refractivity contribution < 1.29 is 9.72 Å². The number of hydrogen-bond donors (Lipinski definition) is 1. The third-order valence-corrected chi connectivity index (χ3v) is 2.65. The molecule has 0 bridgehead atoms. The minimum Gasteiger partial charge on any atom is -0.267 e. The van der Waals surface area contributed by atoms with E-state index in [1.54, 1.807) is 0 Å². The van der Waals surface area contributed by atoms with Gasteiger partial charge in [-0.25, -0.2) is 5.43 Å². The van der Waals surface area contributed by atoms with Gasteiger partial charge in [0.15, 0.2) is 0 Å². The molecule has 6 heteroatoms. The van der Waals surface area contributed by atoms with Crippen molar-refractivity contribution in [2.45, 2.75) is 27.2 Å². The second kappa shape index (κ2) is 6.63. The highest BCUT2D eigenvalue weighted by Gasteiger charge is 2.11. The lowest BCUT2D eigenvalue weighted by molar-refractivity contribution is -0.384. The van der Waals surface area contributed by atoms with Gasteiger partial charge in [0.2, 0.25) is 0 Å². The molecular weight excluding hydrogens is 246 g/mol. The molecule has 0 saturated heterocycles. The maximum atomic E-state index is 11.8. The van der Waals surface area contributed by atoms with Crippen molar-refractivity contribution >= 4 is 17.3 Å². The Labute approximate surface area is 111 Å². The third kappa shape index (κ3) is 4.17. The van der Waals surface area contributed by atoms with Crippen LogP contribution in [0.4, 0.5) is 5.69 Å². The van der Waals surface area contributed by atoms with E-state index in [9.17, 15) is 14.9 Å². The van der Waals surface area contributed by atoms with Crippen molar-refractivity contribution in [3.8, 4) is 0 Å². The van der Waals surface area contributed by atoms with E-state index in [-0.39, 0.29) is 17.2 Å². The molecule has 102 valence electrons. The zero-order chi connectivity index (χ0) is 14.4. The van der Waals surface area contributed by atoms with Gasteiger partial charge in [0.05, 0.1) is 4.92 Å². The average molecular weight is 263 g/mol. The van der Waals surface area contributed by atoms with Gasteiger partial charge in [0.25, 0.3) is 11.6 Å². The molecule has 0 radical (unpaired) electrons. The maximum Gasteiger partial charge on any atom is 0.271 e. The molecule has 1 rings (SSSR count). The van der Waals surface area contributed by atoms with Crippen LogP contribution >= 0.6 is 0 Å². The Morgan fingerprint density at radius 2 is 2.16 bits per heavy atom. The Morgan fingerprint density at radius 1 is 1.47 bits per heavy atom. The van der Waals surface area contributed by atoms with Crippen LogP contribution in [-0.2, 0) is 0 Å².